The van der Waals surface area contributed by atoms with Crippen molar-refractivity contribution in [2.45, 2.75) is 13.0 Å². The van der Waals surface area contributed by atoms with E-state index in [0.29, 0.717) is 16.7 Å². The Morgan fingerprint density at radius 1 is 1.16 bits per heavy atom. The van der Waals surface area contributed by atoms with E-state index >= 15 is 0 Å². The highest BCUT2D eigenvalue weighted by Gasteiger charge is 2.16. The van der Waals surface area contributed by atoms with E-state index in [1.54, 1.807) is 25.1 Å². The number of carbonyl (C=O) groups is 1. The Morgan fingerprint density at radius 3 is 2.60 bits per heavy atom. The number of hydrogen-bond donors (Lipinski definition) is 1. The molecule has 2 aromatic carbocycles. The Kier molecular flexibility index (Phi) is 5.26. The van der Waals surface area contributed by atoms with Crippen molar-refractivity contribution in [2.75, 3.05) is 0 Å². The van der Waals surface area contributed by atoms with Gasteiger partial charge in [0.2, 0.25) is 17.6 Å². The van der Waals surface area contributed by atoms with Gasteiger partial charge in [-0.2, -0.15) is 4.98 Å². The number of benzene rings is 2. The van der Waals surface area contributed by atoms with Crippen molar-refractivity contribution in [1.82, 2.24) is 15.5 Å². The van der Waals surface area contributed by atoms with E-state index < -0.39 is 6.04 Å². The number of amides is 1. The monoisotopic (exact) mass is 353 g/mol. The fraction of sp³-hybridized carbons (Fsp3) is 0.105. The summed E-state index contributed by atoms with van der Waals surface area (Å²) in [5.41, 5.74) is 1.75. The maximum absolute atomic E-state index is 12.0. The predicted molar refractivity (Wildman–Crippen MR) is 96.8 cm³/mol. The van der Waals surface area contributed by atoms with E-state index in [1.165, 1.54) is 6.08 Å². The predicted octanol–water partition coefficient (Wildman–Crippen LogP) is 4.28. The van der Waals surface area contributed by atoms with Gasteiger partial charge >= 0.3 is 0 Å². The van der Waals surface area contributed by atoms with Crippen LogP contribution < -0.4 is 5.32 Å². The Morgan fingerprint density at radius 2 is 1.88 bits per heavy atom. The van der Waals surface area contributed by atoms with Crippen LogP contribution in [0.2, 0.25) is 5.02 Å². The lowest BCUT2D eigenvalue weighted by atomic mass is 10.2. The first-order valence-corrected chi connectivity index (χ1v) is 8.13. The van der Waals surface area contributed by atoms with Crippen molar-refractivity contribution >= 4 is 23.6 Å². The maximum Gasteiger partial charge on any atom is 0.249 e. The molecule has 1 heterocycles. The van der Waals surface area contributed by atoms with Crippen molar-refractivity contribution in [3.8, 4) is 11.4 Å². The Hall–Kier alpha value is -2.92. The lowest BCUT2D eigenvalue weighted by Gasteiger charge is -2.06. The summed E-state index contributed by atoms with van der Waals surface area (Å²) < 4.78 is 5.24. The zero-order chi connectivity index (χ0) is 17.6. The molecule has 0 bridgehead atoms. The minimum atomic E-state index is -0.401. The Bertz CT molecular complexity index is 873. The van der Waals surface area contributed by atoms with Crippen LogP contribution in [0, 0.1) is 0 Å². The summed E-state index contributed by atoms with van der Waals surface area (Å²) in [7, 11) is 0. The largest absolute Gasteiger partial charge is 0.341 e. The average Bonchev–Trinajstić information content (AvgIpc) is 3.12. The lowest BCUT2D eigenvalue weighted by Crippen LogP contribution is -2.24. The summed E-state index contributed by atoms with van der Waals surface area (Å²) in [6.45, 7) is 1.79. The SMILES string of the molecule is C[C@@H](NC(=O)/C=C/c1ccccc1)c1nc(-c2ccc(Cl)cc2)no1. The molecule has 1 aromatic heterocycles. The minimum Gasteiger partial charge on any atom is -0.341 e. The number of carbonyl (C=O) groups excluding carboxylic acids is 1. The highest BCUT2D eigenvalue weighted by Crippen LogP contribution is 2.20. The van der Waals surface area contributed by atoms with Crippen molar-refractivity contribution in [3.63, 3.8) is 0 Å². The van der Waals surface area contributed by atoms with Gasteiger partial charge in [-0.1, -0.05) is 47.1 Å². The van der Waals surface area contributed by atoms with Crippen LogP contribution in [0.4, 0.5) is 0 Å². The summed E-state index contributed by atoms with van der Waals surface area (Å²) >= 11 is 5.87. The van der Waals surface area contributed by atoms with Gasteiger partial charge in [0.25, 0.3) is 0 Å². The lowest BCUT2D eigenvalue weighted by molar-refractivity contribution is -0.117. The van der Waals surface area contributed by atoms with Crippen LogP contribution in [0.25, 0.3) is 17.5 Å². The van der Waals surface area contributed by atoms with Gasteiger partial charge in [0.1, 0.15) is 6.04 Å². The van der Waals surface area contributed by atoms with Gasteiger partial charge in [-0.15, -0.1) is 0 Å². The molecule has 0 unspecified atom stereocenters. The van der Waals surface area contributed by atoms with Gasteiger partial charge in [0.15, 0.2) is 0 Å². The van der Waals surface area contributed by atoms with Crippen LogP contribution in [-0.4, -0.2) is 16.0 Å². The number of rotatable bonds is 5. The third-order valence-electron chi connectivity index (χ3n) is 3.50. The third kappa shape index (κ3) is 4.55. The number of halogens is 1. The molecule has 0 saturated heterocycles. The van der Waals surface area contributed by atoms with E-state index in [4.69, 9.17) is 16.1 Å². The Labute approximate surface area is 150 Å². The van der Waals surface area contributed by atoms with Crippen LogP contribution >= 0.6 is 11.6 Å². The van der Waals surface area contributed by atoms with Gasteiger partial charge in [-0.3, -0.25) is 4.79 Å². The van der Waals surface area contributed by atoms with E-state index in [2.05, 4.69) is 15.5 Å². The molecular formula is C19H16ClN3O2. The molecule has 3 aromatic rings. The summed E-state index contributed by atoms with van der Waals surface area (Å²) in [5.74, 6) is 0.557. The molecule has 0 radical (unpaired) electrons. The third-order valence-corrected chi connectivity index (χ3v) is 3.75. The molecular weight excluding hydrogens is 338 g/mol. The second-order valence-electron chi connectivity index (χ2n) is 5.44. The molecule has 3 rings (SSSR count). The minimum absolute atomic E-state index is 0.234. The first-order valence-electron chi connectivity index (χ1n) is 7.75. The molecule has 0 saturated carbocycles. The van der Waals surface area contributed by atoms with Crippen LogP contribution in [0.3, 0.4) is 0 Å². The topological polar surface area (TPSA) is 68.0 Å². The van der Waals surface area contributed by atoms with Gasteiger partial charge in [-0.05, 0) is 42.8 Å². The Balaban J connectivity index is 1.63. The summed E-state index contributed by atoms with van der Waals surface area (Å²) in [5, 5.41) is 7.37. The van der Waals surface area contributed by atoms with E-state index in [-0.39, 0.29) is 5.91 Å². The van der Waals surface area contributed by atoms with Crippen molar-refractivity contribution in [1.29, 1.82) is 0 Å². The quantitative estimate of drug-likeness (QED) is 0.695. The summed E-state index contributed by atoms with van der Waals surface area (Å²) in [4.78, 5) is 16.3. The zero-order valence-electron chi connectivity index (χ0n) is 13.5. The van der Waals surface area contributed by atoms with Gasteiger partial charge in [0.05, 0.1) is 0 Å². The standard InChI is InChI=1S/C19H16ClN3O2/c1-13(21-17(24)12-7-14-5-3-2-4-6-14)19-22-18(23-25-19)15-8-10-16(20)11-9-15/h2-13H,1H3,(H,21,24)/b12-7+/t13-/m1/s1. The zero-order valence-corrected chi connectivity index (χ0v) is 14.3. The van der Waals surface area contributed by atoms with Crippen LogP contribution in [0.1, 0.15) is 24.4 Å². The number of nitrogens with one attached hydrogen (secondary N) is 1. The normalized spacial score (nSPS) is 12.2. The highest BCUT2D eigenvalue weighted by molar-refractivity contribution is 6.30. The molecule has 0 fully saturated rings. The van der Waals surface area contributed by atoms with Gasteiger partial charge in [0, 0.05) is 16.7 Å². The number of nitrogens with zero attached hydrogens (tertiary/aromatic N) is 2. The molecule has 0 aliphatic carbocycles. The fourth-order valence-corrected chi connectivity index (χ4v) is 2.31. The molecule has 6 heteroatoms. The molecule has 1 amide bonds. The summed E-state index contributed by atoms with van der Waals surface area (Å²) in [6.07, 6.45) is 3.22. The molecule has 1 atom stereocenters. The molecule has 0 aliphatic rings. The number of hydrogen-bond acceptors (Lipinski definition) is 4. The van der Waals surface area contributed by atoms with Crippen LogP contribution in [0.5, 0.6) is 0 Å². The molecule has 0 spiro atoms. The van der Waals surface area contributed by atoms with Crippen LogP contribution in [0.15, 0.2) is 65.2 Å². The smallest absolute Gasteiger partial charge is 0.249 e. The molecule has 1 N–H and O–H groups in total. The van der Waals surface area contributed by atoms with Crippen molar-refractivity contribution < 1.29 is 9.32 Å². The first-order chi connectivity index (χ1) is 12.1. The first kappa shape index (κ1) is 16.9. The average molecular weight is 354 g/mol. The highest BCUT2D eigenvalue weighted by atomic mass is 35.5. The second-order valence-corrected chi connectivity index (χ2v) is 5.87. The molecule has 0 aliphatic heterocycles. The van der Waals surface area contributed by atoms with Crippen molar-refractivity contribution in [2.24, 2.45) is 0 Å². The number of aromatic nitrogens is 2. The molecule has 25 heavy (non-hydrogen) atoms. The van der Waals surface area contributed by atoms with E-state index in [1.807, 2.05) is 42.5 Å². The van der Waals surface area contributed by atoms with Crippen LogP contribution in [-0.2, 0) is 4.79 Å². The van der Waals surface area contributed by atoms with E-state index in [9.17, 15) is 4.79 Å². The van der Waals surface area contributed by atoms with E-state index in [0.717, 1.165) is 11.1 Å². The summed E-state index contributed by atoms with van der Waals surface area (Å²) in [6, 6.07) is 16.3. The fourth-order valence-electron chi connectivity index (χ4n) is 2.19. The molecule has 126 valence electrons. The van der Waals surface area contributed by atoms with Gasteiger partial charge < -0.3 is 9.84 Å². The molecule has 5 nitrogen and oxygen atoms in total. The van der Waals surface area contributed by atoms with Gasteiger partial charge in [-0.25, -0.2) is 0 Å². The second kappa shape index (κ2) is 7.77. The maximum atomic E-state index is 12.0. The van der Waals surface area contributed by atoms with Crippen molar-refractivity contribution in [3.05, 3.63) is 77.2 Å².